The Morgan fingerprint density at radius 1 is 1.14 bits per heavy atom. The number of hydrogen-bond acceptors (Lipinski definition) is 7. The highest BCUT2D eigenvalue weighted by Gasteiger charge is 2.19. The number of rotatable bonds is 7. The quantitative estimate of drug-likeness (QED) is 0.562. The fourth-order valence-corrected chi connectivity index (χ4v) is 3.22. The molecule has 0 bridgehead atoms. The summed E-state index contributed by atoms with van der Waals surface area (Å²) in [6, 6.07) is 10.3. The van der Waals surface area contributed by atoms with Crippen LogP contribution in [0.3, 0.4) is 0 Å². The number of benzene rings is 2. The van der Waals surface area contributed by atoms with Crippen LogP contribution in [0.5, 0.6) is 0 Å². The number of nitrogens with one attached hydrogen (secondary N) is 2. The first-order valence-corrected chi connectivity index (χ1v) is 9.84. The first kappa shape index (κ1) is 20.6. The summed E-state index contributed by atoms with van der Waals surface area (Å²) >= 11 is 0. The number of aromatic nitrogens is 2. The molecule has 0 fully saturated rings. The van der Waals surface area contributed by atoms with E-state index in [1.807, 2.05) is 4.89 Å². The van der Waals surface area contributed by atoms with Gasteiger partial charge in [0.1, 0.15) is 11.9 Å². The Kier molecular flexibility index (Phi) is 6.01. The molecule has 1 unspecified atom stereocenters. The minimum absolute atomic E-state index is 0.0511. The molecular formula is C18H17FN4O5S. The summed E-state index contributed by atoms with van der Waals surface area (Å²) in [5.41, 5.74) is 0.813. The Morgan fingerprint density at radius 2 is 1.79 bits per heavy atom. The van der Waals surface area contributed by atoms with E-state index in [4.69, 9.17) is 4.52 Å². The molecule has 0 saturated heterocycles. The van der Waals surface area contributed by atoms with E-state index in [9.17, 15) is 17.6 Å². The van der Waals surface area contributed by atoms with E-state index in [0.717, 1.165) is 0 Å². The average molecular weight is 420 g/mol. The van der Waals surface area contributed by atoms with Crippen LogP contribution in [0.15, 0.2) is 57.9 Å². The highest BCUT2D eigenvalue weighted by molar-refractivity contribution is 7.89. The lowest BCUT2D eigenvalue weighted by Crippen LogP contribution is -2.27. The Labute approximate surface area is 165 Å². The predicted octanol–water partition coefficient (Wildman–Crippen LogP) is 2.21. The lowest BCUT2D eigenvalue weighted by atomic mass is 10.2. The molecule has 0 radical (unpaired) electrons. The third-order valence-corrected chi connectivity index (χ3v) is 5.16. The summed E-state index contributed by atoms with van der Waals surface area (Å²) in [4.78, 5) is 22.9. The van der Waals surface area contributed by atoms with Gasteiger partial charge >= 0.3 is 0 Å². The maximum absolute atomic E-state index is 13.0. The summed E-state index contributed by atoms with van der Waals surface area (Å²) in [6.45, 7) is 1.65. The van der Waals surface area contributed by atoms with Crippen molar-refractivity contribution in [2.75, 3.05) is 7.11 Å². The zero-order valence-electron chi connectivity index (χ0n) is 15.4. The zero-order chi connectivity index (χ0) is 21.0. The minimum atomic E-state index is -3.81. The Balaban J connectivity index is 1.68. The van der Waals surface area contributed by atoms with E-state index in [0.29, 0.717) is 5.56 Å². The van der Waals surface area contributed by atoms with Crippen LogP contribution < -0.4 is 10.2 Å². The van der Waals surface area contributed by atoms with Crippen molar-refractivity contribution in [3.63, 3.8) is 0 Å². The zero-order valence-corrected chi connectivity index (χ0v) is 16.2. The maximum atomic E-state index is 13.0. The maximum Gasteiger partial charge on any atom is 0.262 e. The lowest BCUT2D eigenvalue weighted by Gasteiger charge is -2.10. The van der Waals surface area contributed by atoms with Gasteiger partial charge in [0, 0.05) is 11.1 Å². The van der Waals surface area contributed by atoms with E-state index in [1.165, 1.54) is 55.6 Å². The summed E-state index contributed by atoms with van der Waals surface area (Å²) in [5, 5.41) is 6.51. The van der Waals surface area contributed by atoms with Crippen molar-refractivity contribution in [1.29, 1.82) is 0 Å². The summed E-state index contributed by atoms with van der Waals surface area (Å²) in [7, 11) is -2.63. The highest BCUT2D eigenvalue weighted by Crippen LogP contribution is 2.19. The molecule has 2 aromatic carbocycles. The smallest absolute Gasteiger partial charge is 0.262 e. The highest BCUT2D eigenvalue weighted by atomic mass is 32.2. The van der Waals surface area contributed by atoms with Gasteiger partial charge in [-0.2, -0.15) is 4.98 Å². The SMILES string of the molecule is CONS(=O)(=O)c1ccc(C(=O)NC(C)c2nc(-c3ccc(F)cc3)no2)cc1. The second kappa shape index (κ2) is 8.47. The number of carbonyl (C=O) groups is 1. The van der Waals surface area contributed by atoms with Gasteiger partial charge in [-0.15, -0.1) is 0 Å². The number of sulfonamides is 1. The molecule has 1 aromatic heterocycles. The van der Waals surface area contributed by atoms with E-state index in [-0.39, 0.29) is 28.0 Å². The third-order valence-electron chi connectivity index (χ3n) is 3.88. The van der Waals surface area contributed by atoms with Crippen molar-refractivity contribution in [2.24, 2.45) is 0 Å². The Hall–Kier alpha value is -3.15. The van der Waals surface area contributed by atoms with E-state index in [1.54, 1.807) is 6.92 Å². The Morgan fingerprint density at radius 3 is 2.41 bits per heavy atom. The van der Waals surface area contributed by atoms with Crippen molar-refractivity contribution in [2.45, 2.75) is 17.9 Å². The van der Waals surface area contributed by atoms with Crippen LogP contribution in [-0.2, 0) is 14.9 Å². The molecule has 1 amide bonds. The van der Waals surface area contributed by atoms with Gasteiger partial charge in [0.05, 0.1) is 12.0 Å². The van der Waals surface area contributed by atoms with Gasteiger partial charge in [-0.3, -0.25) is 9.63 Å². The first-order valence-electron chi connectivity index (χ1n) is 8.35. The Bertz CT molecular complexity index is 1100. The molecule has 29 heavy (non-hydrogen) atoms. The van der Waals surface area contributed by atoms with E-state index >= 15 is 0 Å². The van der Waals surface area contributed by atoms with Gasteiger partial charge in [0.2, 0.25) is 11.7 Å². The fraction of sp³-hybridized carbons (Fsp3) is 0.167. The van der Waals surface area contributed by atoms with Crippen molar-refractivity contribution >= 4 is 15.9 Å². The molecule has 1 heterocycles. The summed E-state index contributed by atoms with van der Waals surface area (Å²) in [6.07, 6.45) is 0. The van der Waals surface area contributed by atoms with Gasteiger partial charge in [-0.05, 0) is 55.5 Å². The van der Waals surface area contributed by atoms with Gasteiger partial charge in [-0.1, -0.05) is 10.0 Å². The minimum Gasteiger partial charge on any atom is -0.341 e. The molecule has 152 valence electrons. The standard InChI is InChI=1S/C18H17FN4O5S/c1-11(18-21-16(22-28-18)12-3-7-14(19)8-4-12)20-17(24)13-5-9-15(10-6-13)29(25,26)23-27-2/h3-11,23H,1-2H3,(H,20,24). The molecule has 3 rings (SSSR count). The second-order valence-electron chi connectivity index (χ2n) is 5.97. The van der Waals surface area contributed by atoms with Crippen LogP contribution in [0.2, 0.25) is 0 Å². The van der Waals surface area contributed by atoms with Crippen LogP contribution in [0.4, 0.5) is 4.39 Å². The topological polar surface area (TPSA) is 123 Å². The van der Waals surface area contributed by atoms with Crippen molar-refractivity contribution in [1.82, 2.24) is 20.3 Å². The van der Waals surface area contributed by atoms with Crippen LogP contribution in [0.1, 0.15) is 29.2 Å². The summed E-state index contributed by atoms with van der Waals surface area (Å²) in [5.74, 6) is -0.403. The lowest BCUT2D eigenvalue weighted by molar-refractivity contribution is 0.0932. The molecule has 0 aliphatic rings. The van der Waals surface area contributed by atoms with Crippen LogP contribution in [-0.4, -0.2) is 31.6 Å². The van der Waals surface area contributed by atoms with Crippen molar-refractivity contribution in [3.8, 4) is 11.4 Å². The second-order valence-corrected chi connectivity index (χ2v) is 7.62. The molecule has 1 atom stereocenters. The first-order chi connectivity index (χ1) is 13.8. The third kappa shape index (κ3) is 4.83. The molecule has 0 aliphatic heterocycles. The van der Waals surface area contributed by atoms with Crippen LogP contribution in [0.25, 0.3) is 11.4 Å². The molecular weight excluding hydrogens is 403 g/mol. The molecule has 3 aromatic rings. The van der Waals surface area contributed by atoms with E-state index < -0.39 is 22.0 Å². The molecule has 0 saturated carbocycles. The molecule has 0 spiro atoms. The average Bonchev–Trinajstić information content (AvgIpc) is 3.19. The van der Waals surface area contributed by atoms with Gasteiger partial charge < -0.3 is 9.84 Å². The number of carbonyl (C=O) groups excluding carboxylic acids is 1. The number of amides is 1. The molecule has 11 heteroatoms. The number of nitrogens with zero attached hydrogens (tertiary/aromatic N) is 2. The van der Waals surface area contributed by atoms with Crippen LogP contribution in [0, 0.1) is 5.82 Å². The van der Waals surface area contributed by atoms with Crippen molar-refractivity contribution in [3.05, 3.63) is 65.8 Å². The predicted molar refractivity (Wildman–Crippen MR) is 99.3 cm³/mol. The largest absolute Gasteiger partial charge is 0.341 e. The van der Waals surface area contributed by atoms with Gasteiger partial charge in [-0.25, -0.2) is 12.8 Å². The monoisotopic (exact) mass is 420 g/mol. The molecule has 0 aliphatic carbocycles. The normalized spacial score (nSPS) is 12.5. The van der Waals surface area contributed by atoms with Crippen molar-refractivity contribution < 1.29 is 27.0 Å². The number of halogens is 1. The van der Waals surface area contributed by atoms with Gasteiger partial charge in [0.25, 0.3) is 15.9 Å². The van der Waals surface area contributed by atoms with Crippen LogP contribution >= 0.6 is 0 Å². The van der Waals surface area contributed by atoms with E-state index in [2.05, 4.69) is 20.3 Å². The van der Waals surface area contributed by atoms with Gasteiger partial charge in [0.15, 0.2) is 0 Å². The number of hydrogen-bond donors (Lipinski definition) is 2. The fourth-order valence-electron chi connectivity index (χ4n) is 2.41. The molecule has 9 nitrogen and oxygen atoms in total. The summed E-state index contributed by atoms with van der Waals surface area (Å²) < 4.78 is 41.8. The molecule has 2 N–H and O–H groups in total.